The van der Waals surface area contributed by atoms with Gasteiger partial charge in [-0.1, -0.05) is 13.8 Å². The van der Waals surface area contributed by atoms with E-state index >= 15 is 0 Å². The summed E-state index contributed by atoms with van der Waals surface area (Å²) >= 11 is 0. The smallest absolute Gasteiger partial charge is 0.160 e. The molecule has 0 aromatic heterocycles. The van der Waals surface area contributed by atoms with E-state index in [-0.39, 0.29) is 23.9 Å². The average molecular weight is 229 g/mol. The Morgan fingerprint density at radius 3 is 2.38 bits per heavy atom. The lowest BCUT2D eigenvalue weighted by atomic mass is 9.83. The highest BCUT2D eigenvalue weighted by Crippen LogP contribution is 2.33. The van der Waals surface area contributed by atoms with Gasteiger partial charge in [-0.05, 0) is 19.3 Å². The SMILES string of the molecule is CC1(C)COC(C2CCC(O)C(N)C2)OC1. The molecule has 3 unspecified atom stereocenters. The number of hydrogen-bond acceptors (Lipinski definition) is 4. The Hall–Kier alpha value is -0.160. The molecule has 3 N–H and O–H groups in total. The van der Waals surface area contributed by atoms with Gasteiger partial charge in [0.15, 0.2) is 6.29 Å². The van der Waals surface area contributed by atoms with Gasteiger partial charge in [0, 0.05) is 17.4 Å². The molecule has 1 heterocycles. The molecule has 1 aliphatic heterocycles. The van der Waals surface area contributed by atoms with Crippen molar-refractivity contribution in [3.63, 3.8) is 0 Å². The van der Waals surface area contributed by atoms with E-state index in [1.807, 2.05) is 0 Å². The molecule has 3 atom stereocenters. The minimum Gasteiger partial charge on any atom is -0.392 e. The highest BCUT2D eigenvalue weighted by molar-refractivity contribution is 4.85. The summed E-state index contributed by atoms with van der Waals surface area (Å²) in [7, 11) is 0. The topological polar surface area (TPSA) is 64.7 Å². The van der Waals surface area contributed by atoms with Crippen molar-refractivity contribution in [3.8, 4) is 0 Å². The summed E-state index contributed by atoms with van der Waals surface area (Å²) in [6.07, 6.45) is 2.04. The Morgan fingerprint density at radius 1 is 1.19 bits per heavy atom. The number of ether oxygens (including phenoxy) is 2. The third kappa shape index (κ3) is 2.74. The van der Waals surface area contributed by atoms with Crippen LogP contribution in [0.1, 0.15) is 33.1 Å². The molecule has 16 heavy (non-hydrogen) atoms. The van der Waals surface area contributed by atoms with Gasteiger partial charge in [0.1, 0.15) is 0 Å². The van der Waals surface area contributed by atoms with Gasteiger partial charge in [-0.2, -0.15) is 0 Å². The summed E-state index contributed by atoms with van der Waals surface area (Å²) in [4.78, 5) is 0. The first kappa shape index (κ1) is 12.3. The third-order valence-corrected chi connectivity index (χ3v) is 3.56. The first-order valence-electron chi connectivity index (χ1n) is 6.15. The van der Waals surface area contributed by atoms with Gasteiger partial charge in [-0.25, -0.2) is 0 Å². The molecule has 2 rings (SSSR count). The van der Waals surface area contributed by atoms with Crippen LogP contribution in [-0.4, -0.2) is 36.8 Å². The van der Waals surface area contributed by atoms with Gasteiger partial charge in [0.05, 0.1) is 19.3 Å². The normalized spacial score (nSPS) is 40.9. The van der Waals surface area contributed by atoms with E-state index in [0.29, 0.717) is 5.92 Å². The van der Waals surface area contributed by atoms with Crippen LogP contribution < -0.4 is 5.73 Å². The van der Waals surface area contributed by atoms with E-state index in [4.69, 9.17) is 15.2 Å². The van der Waals surface area contributed by atoms with Crippen molar-refractivity contribution in [1.82, 2.24) is 0 Å². The summed E-state index contributed by atoms with van der Waals surface area (Å²) in [5.74, 6) is 0.342. The van der Waals surface area contributed by atoms with Crippen LogP contribution in [0.15, 0.2) is 0 Å². The van der Waals surface area contributed by atoms with E-state index in [9.17, 15) is 5.11 Å². The van der Waals surface area contributed by atoms with Crippen LogP contribution in [0.3, 0.4) is 0 Å². The second-order valence-electron chi connectivity index (χ2n) is 5.96. The fraction of sp³-hybridized carbons (Fsp3) is 1.00. The largest absolute Gasteiger partial charge is 0.392 e. The summed E-state index contributed by atoms with van der Waals surface area (Å²) in [6, 6.07) is -0.124. The van der Waals surface area contributed by atoms with E-state index < -0.39 is 0 Å². The van der Waals surface area contributed by atoms with Gasteiger partial charge in [-0.15, -0.1) is 0 Å². The Kier molecular flexibility index (Phi) is 3.54. The minimum atomic E-state index is -0.351. The predicted octanol–water partition coefficient (Wildman–Crippen LogP) is 0.874. The summed E-state index contributed by atoms with van der Waals surface area (Å²) in [5.41, 5.74) is 5.99. The van der Waals surface area contributed by atoms with Crippen molar-refractivity contribution in [3.05, 3.63) is 0 Å². The molecule has 0 bridgehead atoms. The molecule has 0 amide bonds. The molecular formula is C12H23NO3. The second-order valence-corrected chi connectivity index (χ2v) is 5.96. The lowest BCUT2D eigenvalue weighted by Crippen LogP contribution is -2.47. The fourth-order valence-electron chi connectivity index (χ4n) is 2.45. The van der Waals surface area contributed by atoms with Crippen LogP contribution in [0.5, 0.6) is 0 Å². The van der Waals surface area contributed by atoms with Gasteiger partial charge in [0.25, 0.3) is 0 Å². The van der Waals surface area contributed by atoms with E-state index in [0.717, 1.165) is 32.5 Å². The Labute approximate surface area is 97.1 Å². The number of aliphatic hydroxyl groups is 1. The maximum Gasteiger partial charge on any atom is 0.160 e. The standard InChI is InChI=1S/C12H23NO3/c1-12(2)6-15-11(16-7-12)8-3-4-10(14)9(13)5-8/h8-11,14H,3-7,13H2,1-2H3. The molecule has 0 aromatic carbocycles. The molecule has 1 saturated carbocycles. The molecule has 1 aliphatic carbocycles. The van der Waals surface area contributed by atoms with Crippen LogP contribution in [0.25, 0.3) is 0 Å². The summed E-state index contributed by atoms with van der Waals surface area (Å²) < 4.78 is 11.5. The molecule has 1 saturated heterocycles. The zero-order valence-electron chi connectivity index (χ0n) is 10.2. The molecule has 2 fully saturated rings. The van der Waals surface area contributed by atoms with Gasteiger partial charge < -0.3 is 20.3 Å². The predicted molar refractivity (Wildman–Crippen MR) is 60.8 cm³/mol. The highest BCUT2D eigenvalue weighted by atomic mass is 16.7. The molecule has 94 valence electrons. The van der Waals surface area contributed by atoms with Gasteiger partial charge >= 0.3 is 0 Å². The molecule has 4 heteroatoms. The van der Waals surface area contributed by atoms with Crippen LogP contribution in [-0.2, 0) is 9.47 Å². The van der Waals surface area contributed by atoms with E-state index in [1.165, 1.54) is 0 Å². The first-order valence-corrected chi connectivity index (χ1v) is 6.15. The Morgan fingerprint density at radius 2 is 1.81 bits per heavy atom. The Balaban J connectivity index is 1.85. The van der Waals surface area contributed by atoms with Crippen molar-refractivity contribution in [2.24, 2.45) is 17.1 Å². The Bertz CT molecular complexity index is 234. The molecule has 0 spiro atoms. The van der Waals surface area contributed by atoms with Crippen molar-refractivity contribution in [2.75, 3.05) is 13.2 Å². The number of aliphatic hydroxyl groups excluding tert-OH is 1. The molecule has 0 aromatic rings. The molecular weight excluding hydrogens is 206 g/mol. The van der Waals surface area contributed by atoms with Crippen molar-refractivity contribution >= 4 is 0 Å². The van der Waals surface area contributed by atoms with Crippen molar-refractivity contribution < 1.29 is 14.6 Å². The molecule has 0 radical (unpaired) electrons. The van der Waals surface area contributed by atoms with E-state index in [2.05, 4.69) is 13.8 Å². The second kappa shape index (κ2) is 4.61. The molecule has 4 nitrogen and oxygen atoms in total. The minimum absolute atomic E-state index is 0.118. The maximum absolute atomic E-state index is 9.57. The van der Waals surface area contributed by atoms with Crippen LogP contribution in [0, 0.1) is 11.3 Å². The lowest BCUT2D eigenvalue weighted by molar-refractivity contribution is -0.248. The van der Waals surface area contributed by atoms with Gasteiger partial charge in [0.2, 0.25) is 0 Å². The third-order valence-electron chi connectivity index (χ3n) is 3.56. The number of nitrogens with two attached hydrogens (primary N) is 1. The average Bonchev–Trinajstić information content (AvgIpc) is 2.22. The van der Waals surface area contributed by atoms with Crippen LogP contribution in [0.2, 0.25) is 0 Å². The van der Waals surface area contributed by atoms with Crippen LogP contribution >= 0.6 is 0 Å². The quantitative estimate of drug-likeness (QED) is 0.700. The van der Waals surface area contributed by atoms with E-state index in [1.54, 1.807) is 0 Å². The highest BCUT2D eigenvalue weighted by Gasteiger charge is 2.37. The van der Waals surface area contributed by atoms with Crippen molar-refractivity contribution in [1.29, 1.82) is 0 Å². The number of rotatable bonds is 1. The summed E-state index contributed by atoms with van der Waals surface area (Å²) in [5, 5.41) is 9.57. The first-order chi connectivity index (χ1) is 7.48. The maximum atomic E-state index is 9.57. The lowest BCUT2D eigenvalue weighted by Gasteiger charge is -2.41. The zero-order valence-corrected chi connectivity index (χ0v) is 10.2. The zero-order chi connectivity index (χ0) is 11.8. The van der Waals surface area contributed by atoms with Gasteiger partial charge in [-0.3, -0.25) is 0 Å². The molecule has 2 aliphatic rings. The van der Waals surface area contributed by atoms with Crippen molar-refractivity contribution in [2.45, 2.75) is 51.5 Å². The van der Waals surface area contributed by atoms with Crippen LogP contribution in [0.4, 0.5) is 0 Å². The summed E-state index contributed by atoms with van der Waals surface area (Å²) in [6.45, 7) is 5.76. The monoisotopic (exact) mass is 229 g/mol. The fourth-order valence-corrected chi connectivity index (χ4v) is 2.45. The number of hydrogen-bond donors (Lipinski definition) is 2.